The molecule has 0 aliphatic carbocycles. The third-order valence-electron chi connectivity index (χ3n) is 4.06. The molecule has 1 unspecified atom stereocenters. The van der Waals surface area contributed by atoms with Crippen LogP contribution in [0.1, 0.15) is 10.4 Å². The highest BCUT2D eigenvalue weighted by molar-refractivity contribution is 5.94. The van der Waals surface area contributed by atoms with Crippen LogP contribution in [0.3, 0.4) is 0 Å². The van der Waals surface area contributed by atoms with Gasteiger partial charge < -0.3 is 20.1 Å². The van der Waals surface area contributed by atoms with Crippen molar-refractivity contribution in [1.29, 1.82) is 0 Å². The Bertz CT molecular complexity index is 603. The minimum absolute atomic E-state index is 0.0690. The van der Waals surface area contributed by atoms with E-state index in [1.54, 1.807) is 6.07 Å². The molecule has 1 atom stereocenters. The number of fused-ring (bicyclic) bond motifs is 1. The summed E-state index contributed by atoms with van der Waals surface area (Å²) < 4.78 is 50.2. The third-order valence-corrected chi connectivity index (χ3v) is 4.06. The Hall–Kier alpha value is -2.00. The molecule has 1 fully saturated rings. The van der Waals surface area contributed by atoms with Gasteiger partial charge in [-0.3, -0.25) is 9.69 Å². The quantitative estimate of drug-likeness (QED) is 0.852. The second-order valence-electron chi connectivity index (χ2n) is 5.62. The van der Waals surface area contributed by atoms with Crippen molar-refractivity contribution in [3.8, 4) is 11.5 Å². The van der Waals surface area contributed by atoms with E-state index in [4.69, 9.17) is 9.47 Å². The van der Waals surface area contributed by atoms with Gasteiger partial charge >= 0.3 is 6.18 Å². The molecule has 1 saturated heterocycles. The van der Waals surface area contributed by atoms with Crippen LogP contribution in [-0.2, 0) is 0 Å². The van der Waals surface area contributed by atoms with E-state index in [9.17, 15) is 18.0 Å². The largest absolute Gasteiger partial charge is 0.454 e. The Balaban J connectivity index is 1.64. The molecule has 0 aromatic heterocycles. The number of amides is 1. The summed E-state index contributed by atoms with van der Waals surface area (Å²) in [4.78, 5) is 13.5. The summed E-state index contributed by atoms with van der Waals surface area (Å²) in [5.74, 6) is 0.357. The number of nitrogens with one attached hydrogen (secondary N) is 2. The van der Waals surface area contributed by atoms with Crippen LogP contribution in [-0.4, -0.2) is 62.5 Å². The predicted octanol–water partition coefficient (Wildman–Crippen LogP) is 0.981. The van der Waals surface area contributed by atoms with Gasteiger partial charge in [-0.1, -0.05) is 0 Å². The summed E-state index contributed by atoms with van der Waals surface area (Å²) in [6.07, 6.45) is -4.40. The van der Waals surface area contributed by atoms with Gasteiger partial charge in [-0.2, -0.15) is 13.2 Å². The van der Waals surface area contributed by atoms with Gasteiger partial charge in [-0.15, -0.1) is 0 Å². The van der Waals surface area contributed by atoms with E-state index in [1.165, 1.54) is 17.0 Å². The van der Waals surface area contributed by atoms with Crippen LogP contribution in [0.15, 0.2) is 18.2 Å². The van der Waals surface area contributed by atoms with Crippen LogP contribution in [0.4, 0.5) is 13.2 Å². The minimum Gasteiger partial charge on any atom is -0.454 e. The second-order valence-corrected chi connectivity index (χ2v) is 5.62. The highest BCUT2D eigenvalue weighted by Crippen LogP contribution is 2.32. The molecule has 0 radical (unpaired) electrons. The molecule has 132 valence electrons. The number of carbonyl (C=O) groups is 1. The molecule has 0 saturated carbocycles. The van der Waals surface area contributed by atoms with Crippen LogP contribution in [0.5, 0.6) is 11.5 Å². The van der Waals surface area contributed by atoms with Crippen molar-refractivity contribution in [3.63, 3.8) is 0 Å². The number of carbonyl (C=O) groups excluding carboxylic acids is 1. The molecule has 3 rings (SSSR count). The Morgan fingerprint density at radius 1 is 1.25 bits per heavy atom. The molecule has 1 aromatic rings. The molecular weight excluding hydrogens is 327 g/mol. The van der Waals surface area contributed by atoms with Gasteiger partial charge in [0.1, 0.15) is 6.04 Å². The Morgan fingerprint density at radius 2 is 1.96 bits per heavy atom. The zero-order valence-electron chi connectivity index (χ0n) is 12.9. The topological polar surface area (TPSA) is 62.8 Å². The van der Waals surface area contributed by atoms with Crippen LogP contribution in [0, 0.1) is 0 Å². The van der Waals surface area contributed by atoms with Gasteiger partial charge in [-0.25, -0.2) is 0 Å². The van der Waals surface area contributed by atoms with Gasteiger partial charge in [0.05, 0.1) is 0 Å². The molecule has 6 nitrogen and oxygen atoms in total. The Kier molecular flexibility index (Phi) is 4.81. The molecule has 24 heavy (non-hydrogen) atoms. The monoisotopic (exact) mass is 345 g/mol. The van der Waals surface area contributed by atoms with Crippen LogP contribution in [0.2, 0.25) is 0 Å². The fourth-order valence-corrected chi connectivity index (χ4v) is 2.77. The molecule has 1 amide bonds. The van der Waals surface area contributed by atoms with E-state index in [2.05, 4.69) is 10.6 Å². The standard InChI is InChI=1S/C15H18F3N3O3/c16-15(17,18)13(21-5-3-19-4-6-21)8-20-14(22)10-1-2-11-12(7-10)24-9-23-11/h1-2,7,13,19H,3-6,8-9H2,(H,20,22). The van der Waals surface area contributed by atoms with Crippen molar-refractivity contribution in [2.24, 2.45) is 0 Å². The average molecular weight is 345 g/mol. The molecule has 0 bridgehead atoms. The number of alkyl halides is 3. The first-order valence-corrected chi connectivity index (χ1v) is 7.64. The zero-order chi connectivity index (χ0) is 17.2. The zero-order valence-corrected chi connectivity index (χ0v) is 12.9. The van der Waals surface area contributed by atoms with Gasteiger partial charge in [0, 0.05) is 38.3 Å². The summed E-state index contributed by atoms with van der Waals surface area (Å²) in [6, 6.07) is 2.83. The minimum atomic E-state index is -4.40. The Labute approximate surface area is 136 Å². The summed E-state index contributed by atoms with van der Waals surface area (Å²) in [5.41, 5.74) is 0.237. The lowest BCUT2D eigenvalue weighted by atomic mass is 10.1. The smallest absolute Gasteiger partial charge is 0.405 e. The average Bonchev–Trinajstić information content (AvgIpc) is 3.02. The van der Waals surface area contributed by atoms with E-state index >= 15 is 0 Å². The second kappa shape index (κ2) is 6.86. The maximum Gasteiger partial charge on any atom is 0.405 e. The fraction of sp³-hybridized carbons (Fsp3) is 0.533. The SMILES string of the molecule is O=C(NCC(N1CCNCC1)C(F)(F)F)c1ccc2c(c1)OCO2. The van der Waals surface area contributed by atoms with Crippen molar-refractivity contribution in [2.75, 3.05) is 39.5 Å². The maximum atomic E-state index is 13.3. The predicted molar refractivity (Wildman–Crippen MR) is 79.2 cm³/mol. The number of hydrogen-bond donors (Lipinski definition) is 2. The van der Waals surface area contributed by atoms with E-state index in [0.717, 1.165) is 0 Å². The van der Waals surface area contributed by atoms with Crippen LogP contribution < -0.4 is 20.1 Å². The summed E-state index contributed by atoms with van der Waals surface area (Å²) in [7, 11) is 0. The lowest BCUT2D eigenvalue weighted by molar-refractivity contribution is -0.183. The van der Waals surface area contributed by atoms with Crippen molar-refractivity contribution in [1.82, 2.24) is 15.5 Å². The van der Waals surface area contributed by atoms with Gasteiger partial charge in [0.15, 0.2) is 11.5 Å². The molecule has 1 aromatic carbocycles. The summed E-state index contributed by atoms with van der Waals surface area (Å²) in [5, 5.41) is 5.39. The highest BCUT2D eigenvalue weighted by Gasteiger charge is 2.43. The van der Waals surface area contributed by atoms with Crippen molar-refractivity contribution >= 4 is 5.91 Å². The molecule has 9 heteroatoms. The summed E-state index contributed by atoms with van der Waals surface area (Å²) >= 11 is 0. The first-order chi connectivity index (χ1) is 11.4. The lowest BCUT2D eigenvalue weighted by Gasteiger charge is -2.35. The van der Waals surface area contributed by atoms with Crippen molar-refractivity contribution in [2.45, 2.75) is 12.2 Å². The Morgan fingerprint density at radius 3 is 2.67 bits per heavy atom. The third kappa shape index (κ3) is 3.73. The summed E-state index contributed by atoms with van der Waals surface area (Å²) in [6.45, 7) is 1.18. The number of nitrogens with zero attached hydrogens (tertiary/aromatic N) is 1. The number of benzene rings is 1. The highest BCUT2D eigenvalue weighted by atomic mass is 19.4. The number of ether oxygens (including phenoxy) is 2. The van der Waals surface area contributed by atoms with Crippen molar-refractivity contribution in [3.05, 3.63) is 23.8 Å². The van der Waals surface area contributed by atoms with E-state index in [-0.39, 0.29) is 12.4 Å². The molecular formula is C15H18F3N3O3. The molecule has 2 heterocycles. The lowest BCUT2D eigenvalue weighted by Crippen LogP contribution is -2.57. The normalized spacial score (nSPS) is 19.1. The molecule has 0 spiro atoms. The first-order valence-electron chi connectivity index (χ1n) is 7.64. The van der Waals surface area contributed by atoms with E-state index < -0.39 is 24.7 Å². The van der Waals surface area contributed by atoms with Crippen LogP contribution in [0.25, 0.3) is 0 Å². The van der Waals surface area contributed by atoms with Crippen molar-refractivity contribution < 1.29 is 27.4 Å². The van der Waals surface area contributed by atoms with Gasteiger partial charge in [0.2, 0.25) is 6.79 Å². The van der Waals surface area contributed by atoms with Crippen LogP contribution >= 0.6 is 0 Å². The van der Waals surface area contributed by atoms with E-state index in [1.807, 2.05) is 0 Å². The molecule has 2 N–H and O–H groups in total. The molecule has 2 aliphatic heterocycles. The fourth-order valence-electron chi connectivity index (χ4n) is 2.77. The maximum absolute atomic E-state index is 13.3. The number of halogens is 3. The number of piperazine rings is 1. The number of hydrogen-bond acceptors (Lipinski definition) is 5. The van der Waals surface area contributed by atoms with Gasteiger partial charge in [-0.05, 0) is 18.2 Å². The number of rotatable bonds is 4. The van der Waals surface area contributed by atoms with E-state index in [0.29, 0.717) is 37.7 Å². The first kappa shape index (κ1) is 16.8. The molecule has 2 aliphatic rings. The van der Waals surface area contributed by atoms with Gasteiger partial charge in [0.25, 0.3) is 5.91 Å².